The van der Waals surface area contributed by atoms with Crippen molar-refractivity contribution in [2.45, 2.75) is 12.8 Å². The minimum atomic E-state index is -1.02. The summed E-state index contributed by atoms with van der Waals surface area (Å²) in [6, 6.07) is 1.72. The number of amides is 1. The van der Waals surface area contributed by atoms with Gasteiger partial charge in [-0.2, -0.15) is 0 Å². The van der Waals surface area contributed by atoms with Gasteiger partial charge in [0.1, 0.15) is 11.6 Å². The quantitative estimate of drug-likeness (QED) is 0.651. The summed E-state index contributed by atoms with van der Waals surface area (Å²) in [7, 11) is 0. The summed E-state index contributed by atoms with van der Waals surface area (Å²) in [5.41, 5.74) is -0.785. The van der Waals surface area contributed by atoms with E-state index in [0.717, 1.165) is 17.0 Å². The fourth-order valence-corrected chi connectivity index (χ4v) is 1.95. The van der Waals surface area contributed by atoms with Crippen LogP contribution in [-0.4, -0.2) is 29.9 Å². The number of rotatable bonds is 4. The summed E-state index contributed by atoms with van der Waals surface area (Å²) in [4.78, 5) is 24.1. The second kappa shape index (κ2) is 4.81. The molecule has 1 aromatic carbocycles. The first-order valence-electron chi connectivity index (χ1n) is 5.53. The first kappa shape index (κ1) is 12.6. The highest BCUT2D eigenvalue weighted by Crippen LogP contribution is 2.33. The Hall–Kier alpha value is -1.82. The van der Waals surface area contributed by atoms with Crippen molar-refractivity contribution in [3.63, 3.8) is 0 Å². The highest BCUT2D eigenvalue weighted by Gasteiger charge is 2.40. The van der Waals surface area contributed by atoms with Crippen LogP contribution in [0, 0.1) is 11.6 Å². The molecule has 0 aromatic heterocycles. The van der Waals surface area contributed by atoms with Gasteiger partial charge in [-0.1, -0.05) is 0 Å². The van der Waals surface area contributed by atoms with Crippen LogP contribution in [0.3, 0.4) is 0 Å². The zero-order valence-corrected chi connectivity index (χ0v) is 9.45. The maximum atomic E-state index is 13.6. The number of ketones is 1. The van der Waals surface area contributed by atoms with Gasteiger partial charge in [0.25, 0.3) is 11.7 Å². The van der Waals surface area contributed by atoms with Crippen LogP contribution < -0.4 is 4.90 Å². The predicted molar refractivity (Wildman–Crippen MR) is 59.4 cm³/mol. The molecule has 0 saturated heterocycles. The van der Waals surface area contributed by atoms with Crippen LogP contribution in [0.15, 0.2) is 12.1 Å². The van der Waals surface area contributed by atoms with Gasteiger partial charge in [0.15, 0.2) is 0 Å². The number of anilines is 1. The third-order valence-electron chi connectivity index (χ3n) is 2.80. The second-order valence-corrected chi connectivity index (χ2v) is 3.97. The highest BCUT2D eigenvalue weighted by atomic mass is 19.1. The SMILES string of the molecule is O=C1C(=O)N(CCCCO)c2c(F)ccc(F)c21. The first-order chi connectivity index (χ1) is 8.57. The average molecular weight is 255 g/mol. The van der Waals surface area contributed by atoms with Crippen molar-refractivity contribution in [3.05, 3.63) is 29.3 Å². The molecule has 0 saturated carbocycles. The molecule has 0 spiro atoms. The molecular weight excluding hydrogens is 244 g/mol. The smallest absolute Gasteiger partial charge is 0.299 e. The van der Waals surface area contributed by atoms with Gasteiger partial charge in [-0.15, -0.1) is 0 Å². The zero-order chi connectivity index (χ0) is 13.3. The molecule has 0 atom stereocenters. The van der Waals surface area contributed by atoms with Gasteiger partial charge in [0.05, 0.1) is 11.3 Å². The van der Waals surface area contributed by atoms with Crippen molar-refractivity contribution in [2.75, 3.05) is 18.1 Å². The van der Waals surface area contributed by atoms with Crippen molar-refractivity contribution >= 4 is 17.4 Å². The number of carbonyl (C=O) groups excluding carboxylic acids is 2. The highest BCUT2D eigenvalue weighted by molar-refractivity contribution is 6.52. The number of carbonyl (C=O) groups is 2. The number of hydrogen-bond donors (Lipinski definition) is 1. The van der Waals surface area contributed by atoms with Crippen LogP contribution >= 0.6 is 0 Å². The molecule has 1 aromatic rings. The number of fused-ring (bicyclic) bond motifs is 1. The summed E-state index contributed by atoms with van der Waals surface area (Å²) in [5, 5.41) is 8.65. The Morgan fingerprint density at radius 2 is 1.78 bits per heavy atom. The van der Waals surface area contributed by atoms with Crippen LogP contribution in [0.4, 0.5) is 14.5 Å². The summed E-state index contributed by atoms with van der Waals surface area (Å²) in [6.07, 6.45) is 0.829. The van der Waals surface area contributed by atoms with Crippen molar-refractivity contribution in [1.82, 2.24) is 0 Å². The number of halogens is 2. The van der Waals surface area contributed by atoms with E-state index in [-0.39, 0.29) is 18.8 Å². The second-order valence-electron chi connectivity index (χ2n) is 3.97. The lowest BCUT2D eigenvalue weighted by Crippen LogP contribution is -2.31. The molecule has 4 nitrogen and oxygen atoms in total. The Kier molecular flexibility index (Phi) is 3.38. The Balaban J connectivity index is 2.39. The molecule has 1 aliphatic rings. The summed E-state index contributed by atoms with van der Waals surface area (Å²) < 4.78 is 27.1. The fraction of sp³-hybridized carbons (Fsp3) is 0.333. The van der Waals surface area contributed by atoms with E-state index in [9.17, 15) is 18.4 Å². The fourth-order valence-electron chi connectivity index (χ4n) is 1.95. The van der Waals surface area contributed by atoms with Crippen molar-refractivity contribution < 1.29 is 23.5 Å². The van der Waals surface area contributed by atoms with Gasteiger partial charge in [0.2, 0.25) is 0 Å². The molecule has 0 unspecified atom stereocenters. The van der Waals surface area contributed by atoms with Gasteiger partial charge in [-0.25, -0.2) is 8.78 Å². The number of nitrogens with zero attached hydrogens (tertiary/aromatic N) is 1. The number of hydrogen-bond acceptors (Lipinski definition) is 3. The third kappa shape index (κ3) is 1.88. The number of unbranched alkanes of at least 4 members (excludes halogenated alkanes) is 1. The zero-order valence-electron chi connectivity index (χ0n) is 9.45. The molecule has 1 N–H and O–H groups in total. The molecule has 0 bridgehead atoms. The average Bonchev–Trinajstić information content (AvgIpc) is 2.60. The maximum Gasteiger partial charge on any atom is 0.299 e. The molecule has 18 heavy (non-hydrogen) atoms. The van der Waals surface area contributed by atoms with E-state index in [0.29, 0.717) is 12.8 Å². The van der Waals surface area contributed by atoms with E-state index in [4.69, 9.17) is 5.11 Å². The summed E-state index contributed by atoms with van der Waals surface area (Å²) >= 11 is 0. The van der Waals surface area contributed by atoms with Crippen molar-refractivity contribution in [3.8, 4) is 0 Å². The van der Waals surface area contributed by atoms with Crippen molar-refractivity contribution in [1.29, 1.82) is 0 Å². The van der Waals surface area contributed by atoms with Gasteiger partial charge in [-0.3, -0.25) is 9.59 Å². The number of Topliss-reactive ketones (excluding diaryl/α,β-unsaturated/α-hetero) is 1. The lowest BCUT2D eigenvalue weighted by Gasteiger charge is -2.16. The number of aliphatic hydroxyl groups is 1. The normalized spacial score (nSPS) is 14.3. The van der Waals surface area contributed by atoms with Crippen molar-refractivity contribution in [2.24, 2.45) is 0 Å². The Morgan fingerprint density at radius 1 is 1.11 bits per heavy atom. The Labute approximate surface area is 102 Å². The Morgan fingerprint density at radius 3 is 2.44 bits per heavy atom. The number of benzene rings is 1. The van der Waals surface area contributed by atoms with E-state index in [1.165, 1.54) is 0 Å². The lowest BCUT2D eigenvalue weighted by molar-refractivity contribution is -0.114. The standard InChI is InChI=1S/C12H11F2NO3/c13-7-3-4-8(14)10-9(7)11(17)12(18)15(10)5-1-2-6-16/h3-4,16H,1-2,5-6H2. The van der Waals surface area contributed by atoms with Gasteiger partial charge in [-0.05, 0) is 25.0 Å². The molecule has 0 radical (unpaired) electrons. The molecule has 1 amide bonds. The van der Waals surface area contributed by atoms with Crippen LogP contribution in [0.5, 0.6) is 0 Å². The van der Waals surface area contributed by atoms with Gasteiger partial charge >= 0.3 is 0 Å². The summed E-state index contributed by atoms with van der Waals surface area (Å²) in [6.45, 7) is 0.0208. The molecule has 96 valence electrons. The summed E-state index contributed by atoms with van der Waals surface area (Å²) in [5.74, 6) is -3.64. The topological polar surface area (TPSA) is 57.6 Å². The van der Waals surface area contributed by atoms with E-state index in [1.54, 1.807) is 0 Å². The molecule has 0 fully saturated rings. The maximum absolute atomic E-state index is 13.6. The Bertz CT molecular complexity index is 516. The van der Waals surface area contributed by atoms with E-state index < -0.39 is 28.9 Å². The van der Waals surface area contributed by atoms with Gasteiger partial charge < -0.3 is 10.0 Å². The lowest BCUT2D eigenvalue weighted by atomic mass is 10.1. The largest absolute Gasteiger partial charge is 0.396 e. The minimum absolute atomic E-state index is 0.0610. The van der Waals surface area contributed by atoms with Crippen LogP contribution in [0.1, 0.15) is 23.2 Å². The molecule has 2 rings (SSSR count). The van der Waals surface area contributed by atoms with Crippen LogP contribution in [-0.2, 0) is 4.79 Å². The third-order valence-corrected chi connectivity index (χ3v) is 2.80. The monoisotopic (exact) mass is 255 g/mol. The molecule has 1 aliphatic heterocycles. The van der Waals surface area contributed by atoms with Crippen LogP contribution in [0.25, 0.3) is 0 Å². The molecule has 0 aliphatic carbocycles. The van der Waals surface area contributed by atoms with E-state index in [1.807, 2.05) is 0 Å². The molecule has 6 heteroatoms. The van der Waals surface area contributed by atoms with Crippen LogP contribution in [0.2, 0.25) is 0 Å². The minimum Gasteiger partial charge on any atom is -0.396 e. The van der Waals surface area contributed by atoms with E-state index >= 15 is 0 Å². The van der Waals surface area contributed by atoms with E-state index in [2.05, 4.69) is 0 Å². The number of aliphatic hydroxyl groups excluding tert-OH is 1. The van der Waals surface area contributed by atoms with Gasteiger partial charge in [0, 0.05) is 13.2 Å². The predicted octanol–water partition coefficient (Wildman–Crippen LogP) is 1.27. The molecule has 1 heterocycles. The molecular formula is C12H11F2NO3. The first-order valence-corrected chi connectivity index (χ1v) is 5.53.